The van der Waals surface area contributed by atoms with Crippen molar-refractivity contribution >= 4 is 27.3 Å². The molecule has 2 nitrogen and oxygen atoms in total. The first-order valence-corrected chi connectivity index (χ1v) is 15.9. The molecule has 0 bridgehead atoms. The standard InChI is InChI=1S/C31H32FNOS.C3H8.C2H6.CH4.H2/c1-3-22-13-14-24(23-15-17-26(32)18-16-23)19-25(22)20-33(27-9-5-4-6-10-27)31(34)30-21(2)28-11-7-8-12-29(28)35-30;1-3-2;1-2;;/h7-8,11-19,27H,3-6,9-10,20H2,1-2H3;3H2,1-2H3;1-2H3;1H4;1H. The Hall–Kier alpha value is -2.98. The molecule has 1 saturated carbocycles. The summed E-state index contributed by atoms with van der Waals surface area (Å²) in [4.78, 5) is 17.1. The van der Waals surface area contributed by atoms with E-state index in [0.29, 0.717) is 6.54 Å². The molecular formula is C37H52FNOS. The Morgan fingerprint density at radius 2 is 1.51 bits per heavy atom. The SMILES string of the molecule is C.CC.CCC.CCc1ccc(-c2ccc(F)cc2)cc1CN(C(=O)c1sc2ccccc2c1C)C1CCCCC1.[HH]. The number of aryl methyl sites for hydroxylation is 2. The van der Waals surface area contributed by atoms with Crippen LogP contribution in [-0.4, -0.2) is 16.8 Å². The Labute approximate surface area is 254 Å². The number of carbonyl (C=O) groups is 1. The van der Waals surface area contributed by atoms with Crippen LogP contribution in [0.3, 0.4) is 0 Å². The number of amides is 1. The summed E-state index contributed by atoms with van der Waals surface area (Å²) in [6.07, 6.45) is 7.89. The number of hydrogen-bond donors (Lipinski definition) is 0. The van der Waals surface area contributed by atoms with Gasteiger partial charge in [-0.15, -0.1) is 11.3 Å². The molecule has 0 spiro atoms. The van der Waals surface area contributed by atoms with Crippen LogP contribution >= 0.6 is 11.3 Å². The lowest BCUT2D eigenvalue weighted by Crippen LogP contribution is -2.41. The molecule has 0 aliphatic heterocycles. The van der Waals surface area contributed by atoms with Gasteiger partial charge in [-0.2, -0.15) is 0 Å². The van der Waals surface area contributed by atoms with Gasteiger partial charge in [0.15, 0.2) is 0 Å². The molecule has 1 amide bonds. The molecule has 1 fully saturated rings. The number of halogens is 1. The van der Waals surface area contributed by atoms with E-state index in [1.165, 1.54) is 59.0 Å². The van der Waals surface area contributed by atoms with Crippen LogP contribution in [0.25, 0.3) is 21.2 Å². The van der Waals surface area contributed by atoms with Gasteiger partial charge < -0.3 is 4.90 Å². The van der Waals surface area contributed by atoms with Gasteiger partial charge in [-0.05, 0) is 83.7 Å². The minimum Gasteiger partial charge on any atom is -0.331 e. The lowest BCUT2D eigenvalue weighted by atomic mass is 9.92. The fourth-order valence-corrected chi connectivity index (χ4v) is 6.56. The average molecular weight is 578 g/mol. The van der Waals surface area contributed by atoms with E-state index in [0.717, 1.165) is 40.8 Å². The second kappa shape index (κ2) is 17.1. The molecule has 1 aromatic heterocycles. The van der Waals surface area contributed by atoms with Crippen molar-refractivity contribution in [3.05, 3.63) is 94.1 Å². The molecular weight excluding hydrogens is 525 g/mol. The zero-order valence-corrected chi connectivity index (χ0v) is 26.0. The summed E-state index contributed by atoms with van der Waals surface area (Å²) >= 11 is 1.62. The van der Waals surface area contributed by atoms with E-state index in [2.05, 4.69) is 62.9 Å². The van der Waals surface area contributed by atoms with E-state index in [1.807, 2.05) is 38.1 Å². The van der Waals surface area contributed by atoms with Gasteiger partial charge in [0.25, 0.3) is 5.91 Å². The third-order valence-electron chi connectivity index (χ3n) is 7.42. The normalized spacial score (nSPS) is 12.9. The van der Waals surface area contributed by atoms with Gasteiger partial charge in [-0.3, -0.25) is 4.79 Å². The van der Waals surface area contributed by atoms with Crippen molar-refractivity contribution in [2.24, 2.45) is 0 Å². The van der Waals surface area contributed by atoms with Crippen molar-refractivity contribution in [3.63, 3.8) is 0 Å². The van der Waals surface area contributed by atoms with Crippen molar-refractivity contribution in [1.29, 1.82) is 0 Å². The van der Waals surface area contributed by atoms with Crippen LogP contribution < -0.4 is 0 Å². The largest absolute Gasteiger partial charge is 0.331 e. The zero-order valence-electron chi connectivity index (χ0n) is 25.2. The highest BCUT2D eigenvalue weighted by molar-refractivity contribution is 7.21. The maximum atomic E-state index is 14.1. The first-order chi connectivity index (χ1) is 19.5. The third-order valence-corrected chi connectivity index (χ3v) is 8.68. The monoisotopic (exact) mass is 577 g/mol. The zero-order chi connectivity index (χ0) is 29.1. The predicted octanol–water partition coefficient (Wildman–Crippen LogP) is 11.9. The molecule has 0 saturated heterocycles. The molecule has 4 heteroatoms. The van der Waals surface area contributed by atoms with Crippen LogP contribution in [0.15, 0.2) is 66.7 Å². The summed E-state index contributed by atoms with van der Waals surface area (Å²) in [5.74, 6) is -0.0724. The molecule has 0 radical (unpaired) electrons. The van der Waals surface area contributed by atoms with Gasteiger partial charge in [0, 0.05) is 18.7 Å². The number of benzene rings is 3. The summed E-state index contributed by atoms with van der Waals surface area (Å²) < 4.78 is 14.7. The second-order valence-electron chi connectivity index (χ2n) is 10.3. The van der Waals surface area contributed by atoms with Gasteiger partial charge in [0.05, 0.1) is 4.88 Å². The number of nitrogens with zero attached hydrogens (tertiary/aromatic N) is 1. The van der Waals surface area contributed by atoms with Crippen molar-refractivity contribution in [2.45, 2.75) is 107 Å². The number of carbonyl (C=O) groups excluding carboxylic acids is 1. The molecule has 1 heterocycles. The molecule has 0 unspecified atom stereocenters. The molecule has 1 aliphatic rings. The molecule has 1 aliphatic carbocycles. The highest BCUT2D eigenvalue weighted by Crippen LogP contribution is 2.34. The lowest BCUT2D eigenvalue weighted by Gasteiger charge is -2.35. The first kappa shape index (κ1) is 34.2. The van der Waals surface area contributed by atoms with E-state index >= 15 is 0 Å². The van der Waals surface area contributed by atoms with E-state index < -0.39 is 0 Å². The van der Waals surface area contributed by atoms with Crippen LogP contribution in [0, 0.1) is 12.7 Å². The van der Waals surface area contributed by atoms with Crippen LogP contribution in [0.5, 0.6) is 0 Å². The summed E-state index contributed by atoms with van der Waals surface area (Å²) in [7, 11) is 0. The van der Waals surface area contributed by atoms with Gasteiger partial charge in [0.1, 0.15) is 5.82 Å². The maximum Gasteiger partial charge on any atom is 0.264 e. The van der Waals surface area contributed by atoms with E-state index in [4.69, 9.17) is 0 Å². The molecule has 41 heavy (non-hydrogen) atoms. The quantitative estimate of drug-likeness (QED) is 0.223. The van der Waals surface area contributed by atoms with E-state index in [1.54, 1.807) is 11.3 Å². The van der Waals surface area contributed by atoms with Crippen LogP contribution in [0.1, 0.15) is 108 Å². The van der Waals surface area contributed by atoms with Crippen LogP contribution in [0.2, 0.25) is 0 Å². The summed E-state index contributed by atoms with van der Waals surface area (Å²) in [6, 6.07) is 21.7. The fraction of sp³-hybridized carbons (Fsp3) is 0.432. The minimum absolute atomic E-state index is 0. The molecule has 4 aromatic rings. The molecule has 0 atom stereocenters. The Balaban J connectivity index is 0.00000119. The van der Waals surface area contributed by atoms with E-state index in [-0.39, 0.29) is 26.6 Å². The molecule has 5 rings (SSSR count). The van der Waals surface area contributed by atoms with Crippen LogP contribution in [0.4, 0.5) is 4.39 Å². The Morgan fingerprint density at radius 3 is 2.12 bits per heavy atom. The summed E-state index contributed by atoms with van der Waals surface area (Å²) in [5, 5.41) is 1.18. The number of rotatable bonds is 6. The highest BCUT2D eigenvalue weighted by atomic mass is 32.1. The fourth-order valence-electron chi connectivity index (χ4n) is 5.39. The smallest absolute Gasteiger partial charge is 0.264 e. The second-order valence-corrected chi connectivity index (χ2v) is 11.4. The van der Waals surface area contributed by atoms with Gasteiger partial charge in [0.2, 0.25) is 0 Å². The lowest BCUT2D eigenvalue weighted by molar-refractivity contribution is 0.0618. The topological polar surface area (TPSA) is 20.3 Å². The molecule has 3 aromatic carbocycles. The maximum absolute atomic E-state index is 14.1. The van der Waals surface area contributed by atoms with E-state index in [9.17, 15) is 9.18 Å². The van der Waals surface area contributed by atoms with Crippen LogP contribution in [-0.2, 0) is 13.0 Å². The third kappa shape index (κ3) is 8.52. The van der Waals surface area contributed by atoms with Gasteiger partial charge >= 0.3 is 0 Å². The summed E-state index contributed by atoms with van der Waals surface area (Å²) in [5.41, 5.74) is 5.59. The average Bonchev–Trinajstić information content (AvgIpc) is 3.34. The Bertz CT molecular complexity index is 1360. The van der Waals surface area contributed by atoms with Crippen molar-refractivity contribution < 1.29 is 10.6 Å². The van der Waals surface area contributed by atoms with Crippen molar-refractivity contribution in [2.75, 3.05) is 0 Å². The molecule has 224 valence electrons. The van der Waals surface area contributed by atoms with Crippen molar-refractivity contribution in [1.82, 2.24) is 4.90 Å². The Morgan fingerprint density at radius 1 is 0.902 bits per heavy atom. The first-order valence-electron chi connectivity index (χ1n) is 15.1. The van der Waals surface area contributed by atoms with Gasteiger partial charge in [-0.1, -0.05) is 110 Å². The number of hydrogen-bond acceptors (Lipinski definition) is 2. The molecule has 0 N–H and O–H groups in total. The predicted molar refractivity (Wildman–Crippen MR) is 181 cm³/mol. The minimum atomic E-state index is -0.230. The van der Waals surface area contributed by atoms with Gasteiger partial charge in [-0.25, -0.2) is 4.39 Å². The number of fused-ring (bicyclic) bond motifs is 1. The van der Waals surface area contributed by atoms with Crippen molar-refractivity contribution in [3.8, 4) is 11.1 Å². The highest BCUT2D eigenvalue weighted by Gasteiger charge is 2.29. The Kier molecular flexibility index (Phi) is 14.3. The summed E-state index contributed by atoms with van der Waals surface area (Å²) in [6.45, 7) is 13.1. The number of thiophene rings is 1.